The highest BCUT2D eigenvalue weighted by Crippen LogP contribution is 2.30. The van der Waals surface area contributed by atoms with Gasteiger partial charge in [-0.25, -0.2) is 4.98 Å². The molecule has 1 atom stereocenters. The molecule has 1 aromatic heterocycles. The second kappa shape index (κ2) is 6.77. The zero-order valence-electron chi connectivity index (χ0n) is 13.8. The van der Waals surface area contributed by atoms with Crippen LogP contribution in [-0.2, 0) is 4.74 Å². The smallest absolute Gasteiger partial charge is 0.272 e. The van der Waals surface area contributed by atoms with Crippen molar-refractivity contribution in [2.45, 2.75) is 31.8 Å². The maximum atomic E-state index is 13.0. The summed E-state index contributed by atoms with van der Waals surface area (Å²) >= 11 is 0. The maximum absolute atomic E-state index is 13.0. The number of carbonyl (C=O) groups is 1. The normalized spacial score (nSPS) is 21.0. The lowest BCUT2D eigenvalue weighted by Gasteiger charge is -2.32. The van der Waals surface area contributed by atoms with Gasteiger partial charge in [0.2, 0.25) is 0 Å². The lowest BCUT2D eigenvalue weighted by atomic mass is 10.1. The lowest BCUT2D eigenvalue weighted by Crippen LogP contribution is -2.44. The molecule has 1 unspecified atom stereocenters. The number of para-hydroxylation sites is 1. The first-order valence-corrected chi connectivity index (χ1v) is 8.80. The number of carbonyl (C=O) groups excluding carboxylic acids is 1. The van der Waals surface area contributed by atoms with E-state index in [-0.39, 0.29) is 12.0 Å². The molecule has 2 heterocycles. The Balaban J connectivity index is 1.46. The van der Waals surface area contributed by atoms with Crippen LogP contribution in [0.2, 0.25) is 0 Å². The van der Waals surface area contributed by atoms with Gasteiger partial charge in [-0.3, -0.25) is 9.36 Å². The molecule has 1 aliphatic heterocycles. The molecule has 2 fully saturated rings. The summed E-state index contributed by atoms with van der Waals surface area (Å²) in [7, 11) is 0. The van der Waals surface area contributed by atoms with Crippen molar-refractivity contribution >= 4 is 5.91 Å². The van der Waals surface area contributed by atoms with E-state index in [4.69, 9.17) is 4.74 Å². The van der Waals surface area contributed by atoms with E-state index in [1.54, 1.807) is 12.5 Å². The predicted octanol–water partition coefficient (Wildman–Crippen LogP) is 2.90. The standard InChI is InChI=1S/C19H23N3O2/c23-19(18-11-20-14-22(18)16-5-2-1-3-6-16)21-10-4-7-17(12-21)24-13-15-8-9-15/h1-3,5-6,11,14-15,17H,4,7-10,12-13H2. The number of amides is 1. The number of imidazole rings is 1. The van der Waals surface area contributed by atoms with E-state index in [1.807, 2.05) is 39.8 Å². The molecular formula is C19H23N3O2. The summed E-state index contributed by atoms with van der Waals surface area (Å²) in [5.41, 5.74) is 1.57. The van der Waals surface area contributed by atoms with Crippen LogP contribution < -0.4 is 0 Å². The van der Waals surface area contributed by atoms with Gasteiger partial charge in [0.25, 0.3) is 5.91 Å². The van der Waals surface area contributed by atoms with Crippen LogP contribution in [0, 0.1) is 5.92 Å². The molecule has 1 amide bonds. The fourth-order valence-corrected chi connectivity index (χ4v) is 3.22. The molecule has 0 radical (unpaired) electrons. The van der Waals surface area contributed by atoms with Gasteiger partial charge in [-0.1, -0.05) is 18.2 Å². The molecule has 0 spiro atoms. The summed E-state index contributed by atoms with van der Waals surface area (Å²) in [5, 5.41) is 0. The minimum Gasteiger partial charge on any atom is -0.376 e. The molecular weight excluding hydrogens is 302 g/mol. The molecule has 0 N–H and O–H groups in total. The largest absolute Gasteiger partial charge is 0.376 e. The topological polar surface area (TPSA) is 47.4 Å². The quantitative estimate of drug-likeness (QED) is 0.849. The molecule has 24 heavy (non-hydrogen) atoms. The van der Waals surface area contributed by atoms with Crippen molar-refractivity contribution in [3.05, 3.63) is 48.5 Å². The fourth-order valence-electron chi connectivity index (χ4n) is 3.22. The monoisotopic (exact) mass is 325 g/mol. The van der Waals surface area contributed by atoms with Crippen LogP contribution in [0.25, 0.3) is 5.69 Å². The van der Waals surface area contributed by atoms with Crippen LogP contribution >= 0.6 is 0 Å². The zero-order chi connectivity index (χ0) is 16.4. The molecule has 2 aliphatic rings. The Morgan fingerprint density at radius 2 is 2.04 bits per heavy atom. The van der Waals surface area contributed by atoms with E-state index in [9.17, 15) is 4.79 Å². The van der Waals surface area contributed by atoms with Crippen LogP contribution in [-0.4, -0.2) is 46.2 Å². The zero-order valence-corrected chi connectivity index (χ0v) is 13.8. The number of rotatable bonds is 5. The first-order valence-electron chi connectivity index (χ1n) is 8.80. The Morgan fingerprint density at radius 1 is 1.21 bits per heavy atom. The summed E-state index contributed by atoms with van der Waals surface area (Å²) < 4.78 is 7.86. The highest BCUT2D eigenvalue weighted by Gasteiger charge is 2.29. The molecule has 126 valence electrons. The van der Waals surface area contributed by atoms with Crippen LogP contribution in [0.4, 0.5) is 0 Å². The van der Waals surface area contributed by atoms with Gasteiger partial charge < -0.3 is 9.64 Å². The maximum Gasteiger partial charge on any atom is 0.272 e. The fraction of sp³-hybridized carbons (Fsp3) is 0.474. The highest BCUT2D eigenvalue weighted by atomic mass is 16.5. The molecule has 1 aromatic carbocycles. The number of nitrogens with zero attached hydrogens (tertiary/aromatic N) is 3. The molecule has 1 saturated heterocycles. The van der Waals surface area contributed by atoms with Crippen molar-refractivity contribution in [2.24, 2.45) is 5.92 Å². The van der Waals surface area contributed by atoms with Crippen LogP contribution in [0.15, 0.2) is 42.9 Å². The van der Waals surface area contributed by atoms with Crippen molar-refractivity contribution in [3.8, 4) is 5.69 Å². The van der Waals surface area contributed by atoms with Crippen LogP contribution in [0.1, 0.15) is 36.2 Å². The van der Waals surface area contributed by atoms with Crippen molar-refractivity contribution in [3.63, 3.8) is 0 Å². The number of likely N-dealkylation sites (tertiary alicyclic amines) is 1. The van der Waals surface area contributed by atoms with Crippen LogP contribution in [0.5, 0.6) is 0 Å². The first-order chi connectivity index (χ1) is 11.8. The van der Waals surface area contributed by atoms with Gasteiger partial charge in [0.05, 0.1) is 18.6 Å². The number of hydrogen-bond donors (Lipinski definition) is 0. The molecule has 5 heteroatoms. The highest BCUT2D eigenvalue weighted by molar-refractivity contribution is 5.93. The van der Waals surface area contributed by atoms with Gasteiger partial charge >= 0.3 is 0 Å². The summed E-state index contributed by atoms with van der Waals surface area (Å²) in [6.45, 7) is 2.34. The molecule has 5 nitrogen and oxygen atoms in total. The Kier molecular flexibility index (Phi) is 4.34. The van der Waals surface area contributed by atoms with E-state index in [0.29, 0.717) is 12.2 Å². The second-order valence-corrected chi connectivity index (χ2v) is 6.78. The average Bonchev–Trinajstić information content (AvgIpc) is 3.34. The van der Waals surface area contributed by atoms with Crippen molar-refractivity contribution in [2.75, 3.05) is 19.7 Å². The summed E-state index contributed by atoms with van der Waals surface area (Å²) in [6.07, 6.45) is 8.18. The minimum absolute atomic E-state index is 0.0380. The van der Waals surface area contributed by atoms with Gasteiger partial charge in [0.15, 0.2) is 0 Å². The Morgan fingerprint density at radius 3 is 2.83 bits per heavy atom. The first kappa shape index (κ1) is 15.4. The Bertz CT molecular complexity index is 694. The van der Waals surface area contributed by atoms with Gasteiger partial charge in [0, 0.05) is 25.4 Å². The van der Waals surface area contributed by atoms with E-state index < -0.39 is 0 Å². The van der Waals surface area contributed by atoms with Gasteiger partial charge in [-0.15, -0.1) is 0 Å². The Labute approximate surface area is 142 Å². The van der Waals surface area contributed by atoms with Crippen molar-refractivity contribution < 1.29 is 9.53 Å². The van der Waals surface area contributed by atoms with E-state index >= 15 is 0 Å². The van der Waals surface area contributed by atoms with E-state index in [1.165, 1.54) is 12.8 Å². The SMILES string of the molecule is O=C(c1cncn1-c1ccccc1)N1CCCC(OCC2CC2)C1. The number of benzene rings is 1. The summed E-state index contributed by atoms with van der Waals surface area (Å²) in [4.78, 5) is 19.1. The van der Waals surface area contributed by atoms with E-state index in [2.05, 4.69) is 4.98 Å². The number of hydrogen-bond acceptors (Lipinski definition) is 3. The number of piperidine rings is 1. The average molecular weight is 325 g/mol. The summed E-state index contributed by atoms with van der Waals surface area (Å²) in [5.74, 6) is 0.798. The third kappa shape index (κ3) is 3.36. The number of ether oxygens (including phenoxy) is 1. The molecule has 1 aliphatic carbocycles. The van der Waals surface area contributed by atoms with Crippen LogP contribution in [0.3, 0.4) is 0 Å². The van der Waals surface area contributed by atoms with Crippen molar-refractivity contribution in [1.82, 2.24) is 14.5 Å². The molecule has 1 saturated carbocycles. The third-order valence-corrected chi connectivity index (χ3v) is 4.82. The van der Waals surface area contributed by atoms with Gasteiger partial charge in [-0.2, -0.15) is 0 Å². The van der Waals surface area contributed by atoms with Crippen molar-refractivity contribution in [1.29, 1.82) is 0 Å². The Hall–Kier alpha value is -2.14. The molecule has 2 aromatic rings. The molecule has 4 rings (SSSR count). The second-order valence-electron chi connectivity index (χ2n) is 6.78. The van der Waals surface area contributed by atoms with Gasteiger partial charge in [-0.05, 0) is 43.7 Å². The number of aromatic nitrogens is 2. The molecule has 0 bridgehead atoms. The minimum atomic E-state index is 0.0380. The van der Waals surface area contributed by atoms with E-state index in [0.717, 1.165) is 37.6 Å². The van der Waals surface area contributed by atoms with Gasteiger partial charge in [0.1, 0.15) is 5.69 Å². The summed E-state index contributed by atoms with van der Waals surface area (Å²) in [6, 6.07) is 9.86. The predicted molar refractivity (Wildman–Crippen MR) is 91.2 cm³/mol. The lowest BCUT2D eigenvalue weighted by molar-refractivity contribution is -0.00265. The third-order valence-electron chi connectivity index (χ3n) is 4.82.